The fraction of sp³-hybridized carbons (Fsp3) is 0.917. The lowest BCUT2D eigenvalue weighted by atomic mass is 9.96. The first kappa shape index (κ1) is 13.5. The molecule has 0 spiro atoms. The highest BCUT2D eigenvalue weighted by atomic mass is 16.5. The predicted octanol–water partition coefficient (Wildman–Crippen LogP) is 0.917. The van der Waals surface area contributed by atoms with Crippen LogP contribution in [0.4, 0.5) is 0 Å². The van der Waals surface area contributed by atoms with E-state index >= 15 is 0 Å². The van der Waals surface area contributed by atoms with Gasteiger partial charge in [-0.05, 0) is 52.1 Å². The highest BCUT2D eigenvalue weighted by Crippen LogP contribution is 2.12. The maximum atomic E-state index is 11.3. The molecule has 0 saturated carbocycles. The van der Waals surface area contributed by atoms with Crippen molar-refractivity contribution in [2.45, 2.75) is 39.2 Å². The molecule has 0 radical (unpaired) electrons. The summed E-state index contributed by atoms with van der Waals surface area (Å²) in [6.45, 7) is 7.05. The van der Waals surface area contributed by atoms with E-state index in [0.29, 0.717) is 0 Å². The first-order chi connectivity index (χ1) is 7.68. The van der Waals surface area contributed by atoms with Crippen LogP contribution in [-0.4, -0.2) is 38.3 Å². The van der Waals surface area contributed by atoms with Crippen LogP contribution in [0.25, 0.3) is 0 Å². The van der Waals surface area contributed by atoms with Crippen molar-refractivity contribution in [3.05, 3.63) is 0 Å². The summed E-state index contributed by atoms with van der Waals surface area (Å²) in [6, 6.07) is 0. The molecule has 0 bridgehead atoms. The zero-order valence-corrected chi connectivity index (χ0v) is 10.4. The number of ether oxygens (including phenoxy) is 1. The summed E-state index contributed by atoms with van der Waals surface area (Å²) < 4.78 is 5.22. The molecule has 0 aromatic rings. The van der Waals surface area contributed by atoms with E-state index in [1.54, 1.807) is 0 Å². The fourth-order valence-electron chi connectivity index (χ4n) is 1.88. The number of carbonyl (C=O) groups is 1. The molecular weight excluding hydrogens is 204 g/mol. The molecule has 1 saturated heterocycles. The summed E-state index contributed by atoms with van der Waals surface area (Å²) in [6.07, 6.45) is 3.73. The highest BCUT2D eigenvalue weighted by molar-refractivity contribution is 5.77. The topological polar surface area (TPSA) is 50.4 Å². The van der Waals surface area contributed by atoms with Crippen molar-refractivity contribution in [2.75, 3.05) is 26.2 Å². The van der Waals surface area contributed by atoms with Crippen LogP contribution < -0.4 is 10.6 Å². The van der Waals surface area contributed by atoms with Crippen LogP contribution in [0.15, 0.2) is 0 Å². The second kappa shape index (κ2) is 7.63. The Hall–Kier alpha value is -0.610. The van der Waals surface area contributed by atoms with E-state index in [-0.39, 0.29) is 18.6 Å². The molecule has 1 heterocycles. The Labute approximate surface area is 98.1 Å². The summed E-state index contributed by atoms with van der Waals surface area (Å²) in [4.78, 5) is 11.3. The first-order valence-corrected chi connectivity index (χ1v) is 6.27. The maximum Gasteiger partial charge on any atom is 0.246 e. The van der Waals surface area contributed by atoms with Crippen molar-refractivity contribution in [3.63, 3.8) is 0 Å². The lowest BCUT2D eigenvalue weighted by molar-refractivity contribution is -0.127. The standard InChI is InChI=1S/C12H24N2O2/c1-10(2)16-9-12(15)14-7-5-11-4-3-6-13-8-11/h10-11,13H,3-9H2,1-2H3,(H,14,15). The van der Waals surface area contributed by atoms with Crippen LogP contribution in [0.3, 0.4) is 0 Å². The lowest BCUT2D eigenvalue weighted by Crippen LogP contribution is -2.34. The van der Waals surface area contributed by atoms with Crippen molar-refractivity contribution < 1.29 is 9.53 Å². The molecule has 0 aliphatic carbocycles. The Morgan fingerprint density at radius 2 is 2.38 bits per heavy atom. The molecule has 16 heavy (non-hydrogen) atoms. The number of amides is 1. The van der Waals surface area contributed by atoms with E-state index in [1.165, 1.54) is 12.8 Å². The smallest absolute Gasteiger partial charge is 0.246 e. The Morgan fingerprint density at radius 1 is 1.56 bits per heavy atom. The zero-order valence-electron chi connectivity index (χ0n) is 10.4. The summed E-state index contributed by atoms with van der Waals surface area (Å²) in [5.41, 5.74) is 0. The molecule has 1 atom stereocenters. The number of carbonyl (C=O) groups excluding carboxylic acids is 1. The minimum absolute atomic E-state index is 0.00234. The van der Waals surface area contributed by atoms with Gasteiger partial charge >= 0.3 is 0 Å². The van der Waals surface area contributed by atoms with Crippen LogP contribution in [0.5, 0.6) is 0 Å². The lowest BCUT2D eigenvalue weighted by Gasteiger charge is -2.22. The van der Waals surface area contributed by atoms with Gasteiger partial charge in [-0.3, -0.25) is 4.79 Å². The number of nitrogens with one attached hydrogen (secondary N) is 2. The van der Waals surface area contributed by atoms with Crippen LogP contribution >= 0.6 is 0 Å². The molecular formula is C12H24N2O2. The molecule has 1 rings (SSSR count). The van der Waals surface area contributed by atoms with Gasteiger partial charge in [0.15, 0.2) is 0 Å². The number of rotatable bonds is 6. The van der Waals surface area contributed by atoms with Gasteiger partial charge in [-0.15, -0.1) is 0 Å². The minimum atomic E-state index is -0.00234. The van der Waals surface area contributed by atoms with E-state index in [1.807, 2.05) is 13.8 Å². The molecule has 94 valence electrons. The average Bonchev–Trinajstić information content (AvgIpc) is 2.28. The molecule has 1 aliphatic rings. The van der Waals surface area contributed by atoms with Gasteiger partial charge in [-0.2, -0.15) is 0 Å². The van der Waals surface area contributed by atoms with Gasteiger partial charge in [0.2, 0.25) is 5.91 Å². The zero-order chi connectivity index (χ0) is 11.8. The summed E-state index contributed by atoms with van der Waals surface area (Å²) in [5.74, 6) is 0.720. The Balaban J connectivity index is 1.99. The van der Waals surface area contributed by atoms with Crippen molar-refractivity contribution in [2.24, 2.45) is 5.92 Å². The molecule has 1 unspecified atom stereocenters. The molecule has 4 nitrogen and oxygen atoms in total. The van der Waals surface area contributed by atoms with E-state index in [4.69, 9.17) is 4.74 Å². The third-order valence-corrected chi connectivity index (χ3v) is 2.82. The average molecular weight is 228 g/mol. The van der Waals surface area contributed by atoms with Crippen LogP contribution in [0, 0.1) is 5.92 Å². The van der Waals surface area contributed by atoms with Crippen molar-refractivity contribution in [1.29, 1.82) is 0 Å². The SMILES string of the molecule is CC(C)OCC(=O)NCCC1CCCNC1. The molecule has 4 heteroatoms. The van der Waals surface area contributed by atoms with Crippen LogP contribution in [0.1, 0.15) is 33.1 Å². The highest BCUT2D eigenvalue weighted by Gasteiger charge is 2.12. The van der Waals surface area contributed by atoms with Gasteiger partial charge in [0, 0.05) is 6.54 Å². The second-order valence-corrected chi connectivity index (χ2v) is 4.71. The molecule has 0 aromatic heterocycles. The van der Waals surface area contributed by atoms with Gasteiger partial charge in [-0.1, -0.05) is 0 Å². The first-order valence-electron chi connectivity index (χ1n) is 6.27. The largest absolute Gasteiger partial charge is 0.369 e. The molecule has 2 N–H and O–H groups in total. The summed E-state index contributed by atoms with van der Waals surface area (Å²) >= 11 is 0. The third kappa shape index (κ3) is 6.08. The van der Waals surface area contributed by atoms with E-state index in [2.05, 4.69) is 10.6 Å². The number of hydrogen-bond donors (Lipinski definition) is 2. The van der Waals surface area contributed by atoms with Crippen LogP contribution in [0.2, 0.25) is 0 Å². The molecule has 1 fully saturated rings. The van der Waals surface area contributed by atoms with Gasteiger partial charge in [0.1, 0.15) is 6.61 Å². The minimum Gasteiger partial charge on any atom is -0.369 e. The monoisotopic (exact) mass is 228 g/mol. The Kier molecular flexibility index (Phi) is 6.42. The van der Waals surface area contributed by atoms with Gasteiger partial charge in [0.25, 0.3) is 0 Å². The fourth-order valence-corrected chi connectivity index (χ4v) is 1.88. The third-order valence-electron chi connectivity index (χ3n) is 2.82. The normalized spacial score (nSPS) is 21.1. The summed E-state index contributed by atoms with van der Waals surface area (Å²) in [5, 5.41) is 6.27. The predicted molar refractivity (Wildman–Crippen MR) is 64.3 cm³/mol. The molecule has 1 aliphatic heterocycles. The van der Waals surface area contributed by atoms with E-state index < -0.39 is 0 Å². The number of piperidine rings is 1. The summed E-state index contributed by atoms with van der Waals surface area (Å²) in [7, 11) is 0. The Morgan fingerprint density at radius 3 is 3.00 bits per heavy atom. The van der Waals surface area contributed by atoms with E-state index in [9.17, 15) is 4.79 Å². The van der Waals surface area contributed by atoms with Crippen LogP contribution in [-0.2, 0) is 9.53 Å². The number of hydrogen-bond acceptors (Lipinski definition) is 3. The maximum absolute atomic E-state index is 11.3. The Bertz CT molecular complexity index is 201. The van der Waals surface area contributed by atoms with Crippen molar-refractivity contribution >= 4 is 5.91 Å². The quantitative estimate of drug-likeness (QED) is 0.710. The molecule has 1 amide bonds. The van der Waals surface area contributed by atoms with E-state index in [0.717, 1.165) is 32.0 Å². The van der Waals surface area contributed by atoms with Gasteiger partial charge in [-0.25, -0.2) is 0 Å². The van der Waals surface area contributed by atoms with Gasteiger partial charge < -0.3 is 15.4 Å². The second-order valence-electron chi connectivity index (χ2n) is 4.71. The van der Waals surface area contributed by atoms with Crippen molar-refractivity contribution in [3.8, 4) is 0 Å². The van der Waals surface area contributed by atoms with Gasteiger partial charge in [0.05, 0.1) is 6.10 Å². The van der Waals surface area contributed by atoms with Crippen molar-refractivity contribution in [1.82, 2.24) is 10.6 Å². The molecule has 0 aromatic carbocycles.